The molecule has 0 saturated heterocycles. The maximum atomic E-state index is 12.7. The second-order valence-electron chi connectivity index (χ2n) is 4.28. The molecule has 1 atom stereocenters. The number of ether oxygens (including phenoxy) is 1. The van der Waals surface area contributed by atoms with E-state index in [1.165, 1.54) is 0 Å². The maximum absolute atomic E-state index is 12.7. The molecule has 0 radical (unpaired) electrons. The van der Waals surface area contributed by atoms with Crippen LogP contribution in [-0.4, -0.2) is 13.7 Å². The van der Waals surface area contributed by atoms with Crippen LogP contribution < -0.4 is 9.26 Å². The predicted octanol–water partition coefficient (Wildman–Crippen LogP) is 4.31. The second kappa shape index (κ2) is 7.70. The maximum Gasteiger partial charge on any atom is 0.457 e. The molecule has 0 heterocycles. The number of methoxy groups -OCH3 is 1. The lowest BCUT2D eigenvalue weighted by Crippen LogP contribution is -1.96. The summed E-state index contributed by atoms with van der Waals surface area (Å²) >= 11 is 0. The fraction of sp³-hybridized carbons (Fsp3) is 0.176. The number of benzene rings is 2. The van der Waals surface area contributed by atoms with E-state index in [0.29, 0.717) is 11.5 Å². The fourth-order valence-electron chi connectivity index (χ4n) is 1.68. The molecule has 0 aliphatic rings. The van der Waals surface area contributed by atoms with Gasteiger partial charge in [0.25, 0.3) is 0 Å². The average Bonchev–Trinajstić information content (AvgIpc) is 2.55. The molecule has 5 heteroatoms. The van der Waals surface area contributed by atoms with Crippen molar-refractivity contribution < 1.29 is 18.3 Å². The van der Waals surface area contributed by atoms with E-state index in [1.54, 1.807) is 38.3 Å². The molecule has 0 aliphatic heterocycles. The minimum atomic E-state index is -3.53. The summed E-state index contributed by atoms with van der Waals surface area (Å²) in [7, 11) is -1.96. The molecule has 114 valence electrons. The van der Waals surface area contributed by atoms with Crippen molar-refractivity contribution in [1.82, 2.24) is 0 Å². The Hall–Kier alpha value is -2.21. The lowest BCUT2D eigenvalue weighted by Gasteiger charge is -2.13. The highest BCUT2D eigenvalue weighted by Crippen LogP contribution is 2.47. The largest absolute Gasteiger partial charge is 0.497 e. The molecule has 1 unspecified atom stereocenters. The summed E-state index contributed by atoms with van der Waals surface area (Å²) < 4.78 is 28.4. The monoisotopic (exact) mass is 316 g/mol. The molecular formula is C17H17O4P. The summed E-state index contributed by atoms with van der Waals surface area (Å²) in [6, 6.07) is 16.0. The van der Waals surface area contributed by atoms with Crippen molar-refractivity contribution in [3.8, 4) is 23.1 Å². The molecule has 2 aromatic rings. The van der Waals surface area contributed by atoms with Crippen LogP contribution in [0.4, 0.5) is 0 Å². The van der Waals surface area contributed by atoms with Crippen molar-refractivity contribution in [2.24, 2.45) is 0 Å². The van der Waals surface area contributed by atoms with E-state index in [9.17, 15) is 4.57 Å². The van der Waals surface area contributed by atoms with Crippen LogP contribution in [0.15, 0.2) is 54.6 Å². The number of hydrogen-bond donors (Lipinski definition) is 0. The van der Waals surface area contributed by atoms with E-state index in [1.807, 2.05) is 30.3 Å². The van der Waals surface area contributed by atoms with Crippen LogP contribution in [0.2, 0.25) is 0 Å². The first-order chi connectivity index (χ1) is 10.6. The summed E-state index contributed by atoms with van der Waals surface area (Å²) in [5.41, 5.74) is 3.37. The zero-order valence-electron chi connectivity index (χ0n) is 12.5. The lowest BCUT2D eigenvalue weighted by atomic mass is 10.2. The lowest BCUT2D eigenvalue weighted by molar-refractivity contribution is 0.290. The van der Waals surface area contributed by atoms with Crippen molar-refractivity contribution in [3.05, 3.63) is 60.2 Å². The third-order valence-electron chi connectivity index (χ3n) is 2.70. The molecule has 2 aromatic carbocycles. The Labute approximate surface area is 130 Å². The Kier molecular flexibility index (Phi) is 5.66. The highest BCUT2D eigenvalue weighted by atomic mass is 31.2. The second-order valence-corrected chi connectivity index (χ2v) is 5.94. The first-order valence-electron chi connectivity index (χ1n) is 6.82. The average molecular weight is 316 g/mol. The Morgan fingerprint density at radius 1 is 1.00 bits per heavy atom. The van der Waals surface area contributed by atoms with Gasteiger partial charge in [0.05, 0.1) is 13.7 Å². The Morgan fingerprint density at radius 3 is 2.23 bits per heavy atom. The molecule has 0 amide bonds. The van der Waals surface area contributed by atoms with Crippen molar-refractivity contribution in [2.45, 2.75) is 6.92 Å². The Bertz CT molecular complexity index is 699. The molecule has 0 bridgehead atoms. The van der Waals surface area contributed by atoms with Gasteiger partial charge < -0.3 is 9.26 Å². The van der Waals surface area contributed by atoms with E-state index in [2.05, 4.69) is 11.6 Å². The smallest absolute Gasteiger partial charge is 0.457 e. The van der Waals surface area contributed by atoms with Gasteiger partial charge in [0.2, 0.25) is 0 Å². The molecular weight excluding hydrogens is 299 g/mol. The molecule has 4 nitrogen and oxygen atoms in total. The van der Waals surface area contributed by atoms with Gasteiger partial charge in [-0.3, -0.25) is 4.52 Å². The van der Waals surface area contributed by atoms with Crippen LogP contribution in [0.1, 0.15) is 12.5 Å². The minimum absolute atomic E-state index is 0.247. The molecule has 0 N–H and O–H groups in total. The zero-order chi connectivity index (χ0) is 15.8. The van der Waals surface area contributed by atoms with Crippen LogP contribution in [0.25, 0.3) is 0 Å². The summed E-state index contributed by atoms with van der Waals surface area (Å²) in [6.07, 6.45) is 0. The van der Waals surface area contributed by atoms with Crippen molar-refractivity contribution in [3.63, 3.8) is 0 Å². The van der Waals surface area contributed by atoms with Crippen molar-refractivity contribution in [2.75, 3.05) is 13.7 Å². The third-order valence-corrected chi connectivity index (χ3v) is 4.13. The van der Waals surface area contributed by atoms with Crippen LogP contribution in [0.5, 0.6) is 11.5 Å². The topological polar surface area (TPSA) is 44.8 Å². The van der Waals surface area contributed by atoms with E-state index in [-0.39, 0.29) is 6.61 Å². The molecule has 0 aromatic heterocycles. The zero-order valence-corrected chi connectivity index (χ0v) is 13.4. The molecule has 0 saturated carbocycles. The first-order valence-corrected chi connectivity index (χ1v) is 8.36. The molecule has 0 spiro atoms. The van der Waals surface area contributed by atoms with Gasteiger partial charge in [-0.05, 0) is 43.3 Å². The van der Waals surface area contributed by atoms with Crippen molar-refractivity contribution in [1.29, 1.82) is 0 Å². The first kappa shape index (κ1) is 16.2. The third kappa shape index (κ3) is 4.66. The van der Waals surface area contributed by atoms with E-state index >= 15 is 0 Å². The predicted molar refractivity (Wildman–Crippen MR) is 86.2 cm³/mol. The van der Waals surface area contributed by atoms with E-state index in [4.69, 9.17) is 13.8 Å². The molecule has 0 fully saturated rings. The van der Waals surface area contributed by atoms with Gasteiger partial charge in [0.15, 0.2) is 0 Å². The summed E-state index contributed by atoms with van der Waals surface area (Å²) in [5.74, 6) is 3.93. The summed E-state index contributed by atoms with van der Waals surface area (Å²) in [4.78, 5) is 0. The van der Waals surface area contributed by atoms with E-state index < -0.39 is 7.60 Å². The standard InChI is InChI=1S/C17H17O4P/c1-3-20-22(18,14-13-15-7-5-4-6-8-15)21-17-11-9-16(19-2)10-12-17/h4-12H,3H2,1-2H3. The van der Waals surface area contributed by atoms with Crippen LogP contribution in [-0.2, 0) is 9.09 Å². The quantitative estimate of drug-likeness (QED) is 0.609. The Balaban J connectivity index is 2.20. The van der Waals surface area contributed by atoms with Crippen LogP contribution >= 0.6 is 7.60 Å². The van der Waals surface area contributed by atoms with Gasteiger partial charge >= 0.3 is 7.60 Å². The van der Waals surface area contributed by atoms with Crippen LogP contribution in [0.3, 0.4) is 0 Å². The van der Waals surface area contributed by atoms with Gasteiger partial charge in [0, 0.05) is 11.2 Å². The SMILES string of the molecule is CCOP(=O)(C#Cc1ccccc1)Oc1ccc(OC)cc1. The summed E-state index contributed by atoms with van der Waals surface area (Å²) in [5, 5.41) is 0. The van der Waals surface area contributed by atoms with E-state index in [0.717, 1.165) is 5.56 Å². The molecule has 0 aliphatic carbocycles. The molecule has 2 rings (SSSR count). The number of hydrogen-bond acceptors (Lipinski definition) is 4. The highest BCUT2D eigenvalue weighted by molar-refractivity contribution is 7.59. The summed E-state index contributed by atoms with van der Waals surface area (Å²) in [6.45, 7) is 1.99. The van der Waals surface area contributed by atoms with Gasteiger partial charge in [-0.2, -0.15) is 0 Å². The molecule has 22 heavy (non-hydrogen) atoms. The van der Waals surface area contributed by atoms with Gasteiger partial charge in [-0.1, -0.05) is 24.1 Å². The Morgan fingerprint density at radius 2 is 1.64 bits per heavy atom. The van der Waals surface area contributed by atoms with Crippen molar-refractivity contribution >= 4 is 7.60 Å². The fourth-order valence-corrected chi connectivity index (χ4v) is 2.85. The minimum Gasteiger partial charge on any atom is -0.497 e. The van der Waals surface area contributed by atoms with Gasteiger partial charge in [-0.25, -0.2) is 4.57 Å². The normalized spacial score (nSPS) is 12.6. The van der Waals surface area contributed by atoms with Gasteiger partial charge in [-0.15, -0.1) is 0 Å². The van der Waals surface area contributed by atoms with Crippen LogP contribution in [0, 0.1) is 11.6 Å². The highest BCUT2D eigenvalue weighted by Gasteiger charge is 2.23. The number of rotatable bonds is 5. The van der Waals surface area contributed by atoms with Gasteiger partial charge in [0.1, 0.15) is 11.5 Å².